The number of hydrogen-bond donors (Lipinski definition) is 0. The fraction of sp³-hybridized carbons (Fsp3) is 0.333. The topological polar surface area (TPSA) is 52.6 Å². The lowest BCUT2D eigenvalue weighted by atomic mass is 9.98. The summed E-state index contributed by atoms with van der Waals surface area (Å²) in [5.41, 5.74) is 1.85. The Labute approximate surface area is 148 Å². The van der Waals surface area contributed by atoms with Crippen LogP contribution in [0.1, 0.15) is 54.8 Å². The summed E-state index contributed by atoms with van der Waals surface area (Å²) in [5.74, 6) is -0.750. The van der Waals surface area contributed by atoms with Crippen molar-refractivity contribution >= 4 is 11.9 Å². The zero-order valence-corrected chi connectivity index (χ0v) is 15.2. The molecule has 2 aromatic rings. The van der Waals surface area contributed by atoms with E-state index in [1.165, 1.54) is 0 Å². The Morgan fingerprint density at radius 1 is 0.960 bits per heavy atom. The number of carbonyl (C=O) groups is 2. The molecular weight excluding hydrogens is 316 g/mol. The van der Waals surface area contributed by atoms with Crippen LogP contribution in [0.5, 0.6) is 0 Å². The van der Waals surface area contributed by atoms with E-state index in [9.17, 15) is 9.59 Å². The third kappa shape index (κ3) is 5.18. The molecule has 0 radical (unpaired) electrons. The molecule has 2 rings (SSSR count). The largest absolute Gasteiger partial charge is 0.462 e. The summed E-state index contributed by atoms with van der Waals surface area (Å²) < 4.78 is 10.7. The summed E-state index contributed by atoms with van der Waals surface area (Å²) in [5, 5.41) is 0. The summed E-state index contributed by atoms with van der Waals surface area (Å²) in [6.45, 7) is 7.83. The molecule has 0 fully saturated rings. The van der Waals surface area contributed by atoms with E-state index in [4.69, 9.17) is 9.47 Å². The molecule has 0 saturated carbocycles. The zero-order valence-electron chi connectivity index (χ0n) is 15.2. The Bertz CT molecular complexity index is 756. The molecule has 0 saturated heterocycles. The lowest BCUT2D eigenvalue weighted by Crippen LogP contribution is -2.24. The van der Waals surface area contributed by atoms with Crippen molar-refractivity contribution in [1.82, 2.24) is 0 Å². The molecule has 2 aromatic carbocycles. The first-order chi connectivity index (χ1) is 11.8. The predicted octanol–water partition coefficient (Wildman–Crippen LogP) is 4.88. The summed E-state index contributed by atoms with van der Waals surface area (Å²) in [6.07, 6.45) is 0.771. The van der Waals surface area contributed by atoms with Crippen LogP contribution < -0.4 is 0 Å². The minimum absolute atomic E-state index is 0.363. The molecule has 0 aliphatic rings. The fourth-order valence-electron chi connectivity index (χ4n) is 2.34. The molecule has 0 aliphatic carbocycles. The summed E-state index contributed by atoms with van der Waals surface area (Å²) in [7, 11) is 0. The minimum atomic E-state index is -0.573. The Morgan fingerprint density at radius 2 is 1.68 bits per heavy atom. The average molecular weight is 340 g/mol. The van der Waals surface area contributed by atoms with Crippen LogP contribution in [0, 0.1) is 0 Å². The van der Waals surface area contributed by atoms with Gasteiger partial charge in [-0.05, 0) is 56.5 Å². The fourth-order valence-corrected chi connectivity index (χ4v) is 2.34. The van der Waals surface area contributed by atoms with Crippen LogP contribution in [0.3, 0.4) is 0 Å². The number of carbonyl (C=O) groups excluding carboxylic acids is 2. The molecule has 25 heavy (non-hydrogen) atoms. The maximum atomic E-state index is 12.5. The highest BCUT2D eigenvalue weighted by molar-refractivity contribution is 5.98. The van der Waals surface area contributed by atoms with Gasteiger partial charge in [0, 0.05) is 0 Å². The molecule has 0 bridgehead atoms. The van der Waals surface area contributed by atoms with Crippen molar-refractivity contribution in [2.45, 2.75) is 39.7 Å². The van der Waals surface area contributed by atoms with Gasteiger partial charge in [0.2, 0.25) is 0 Å². The highest BCUT2D eigenvalue weighted by atomic mass is 16.6. The summed E-state index contributed by atoms with van der Waals surface area (Å²) >= 11 is 0. The van der Waals surface area contributed by atoms with Crippen LogP contribution in [0.25, 0.3) is 11.1 Å². The molecule has 132 valence electrons. The van der Waals surface area contributed by atoms with Crippen LogP contribution >= 0.6 is 0 Å². The lowest BCUT2D eigenvalue weighted by molar-refractivity contribution is 0.00702. The number of ether oxygens (including phenoxy) is 2. The van der Waals surface area contributed by atoms with Gasteiger partial charge in [0.05, 0.1) is 17.7 Å². The van der Waals surface area contributed by atoms with Crippen LogP contribution in [-0.4, -0.2) is 24.1 Å². The second-order valence-corrected chi connectivity index (χ2v) is 6.76. The second kappa shape index (κ2) is 7.97. The molecule has 4 heteroatoms. The SMILES string of the molecule is CCCOC(=O)c1cccc(-c2ccccc2C(=O)OC(C)(C)C)c1. The van der Waals surface area contributed by atoms with Crippen LogP contribution in [0.15, 0.2) is 48.5 Å². The molecule has 0 heterocycles. The number of esters is 2. The van der Waals surface area contributed by atoms with Gasteiger partial charge in [0.15, 0.2) is 0 Å². The highest BCUT2D eigenvalue weighted by Crippen LogP contribution is 2.26. The first-order valence-electron chi connectivity index (χ1n) is 8.42. The van der Waals surface area contributed by atoms with E-state index >= 15 is 0 Å². The van der Waals surface area contributed by atoms with Gasteiger partial charge < -0.3 is 9.47 Å². The smallest absolute Gasteiger partial charge is 0.339 e. The normalized spacial score (nSPS) is 11.0. The Kier molecular flexibility index (Phi) is 5.97. The van der Waals surface area contributed by atoms with Gasteiger partial charge in [0.1, 0.15) is 5.60 Å². The molecule has 0 amide bonds. The van der Waals surface area contributed by atoms with Gasteiger partial charge in [0.25, 0.3) is 0 Å². The third-order valence-electron chi connectivity index (χ3n) is 3.39. The van der Waals surface area contributed by atoms with E-state index in [1.54, 1.807) is 30.3 Å². The van der Waals surface area contributed by atoms with Crippen molar-refractivity contribution in [1.29, 1.82) is 0 Å². The number of rotatable bonds is 5. The van der Waals surface area contributed by atoms with E-state index in [-0.39, 0.29) is 11.9 Å². The molecule has 0 aromatic heterocycles. The van der Waals surface area contributed by atoms with Gasteiger partial charge in [-0.15, -0.1) is 0 Å². The maximum Gasteiger partial charge on any atom is 0.339 e. The van der Waals surface area contributed by atoms with Crippen LogP contribution in [-0.2, 0) is 9.47 Å². The van der Waals surface area contributed by atoms with Crippen molar-refractivity contribution in [3.8, 4) is 11.1 Å². The number of hydrogen-bond acceptors (Lipinski definition) is 4. The van der Waals surface area contributed by atoms with E-state index in [1.807, 2.05) is 45.9 Å². The van der Waals surface area contributed by atoms with E-state index in [0.717, 1.165) is 17.5 Å². The molecular formula is C21H24O4. The Morgan fingerprint density at radius 3 is 2.36 bits per heavy atom. The van der Waals surface area contributed by atoms with Gasteiger partial charge in [-0.3, -0.25) is 0 Å². The van der Waals surface area contributed by atoms with E-state index in [2.05, 4.69) is 0 Å². The van der Waals surface area contributed by atoms with Crippen molar-refractivity contribution in [2.75, 3.05) is 6.61 Å². The Balaban J connectivity index is 2.36. The van der Waals surface area contributed by atoms with Gasteiger partial charge in [-0.25, -0.2) is 9.59 Å². The van der Waals surface area contributed by atoms with E-state index < -0.39 is 5.60 Å². The van der Waals surface area contributed by atoms with Crippen molar-refractivity contribution < 1.29 is 19.1 Å². The third-order valence-corrected chi connectivity index (χ3v) is 3.39. The van der Waals surface area contributed by atoms with Crippen LogP contribution in [0.4, 0.5) is 0 Å². The molecule has 4 nitrogen and oxygen atoms in total. The molecule has 0 unspecified atom stereocenters. The van der Waals surface area contributed by atoms with Gasteiger partial charge >= 0.3 is 11.9 Å². The summed E-state index contributed by atoms with van der Waals surface area (Å²) in [4.78, 5) is 24.6. The van der Waals surface area contributed by atoms with Crippen molar-refractivity contribution in [3.63, 3.8) is 0 Å². The lowest BCUT2D eigenvalue weighted by Gasteiger charge is -2.20. The molecule has 0 N–H and O–H groups in total. The first-order valence-corrected chi connectivity index (χ1v) is 8.42. The molecule has 0 spiro atoms. The standard InChI is InChI=1S/C21H24O4/c1-5-13-24-19(22)16-10-8-9-15(14-16)17-11-6-7-12-18(17)20(23)25-21(2,3)4/h6-12,14H,5,13H2,1-4H3. The maximum absolute atomic E-state index is 12.5. The predicted molar refractivity (Wildman–Crippen MR) is 97.6 cm³/mol. The molecule has 0 atom stereocenters. The number of benzene rings is 2. The Hall–Kier alpha value is -2.62. The minimum Gasteiger partial charge on any atom is -0.462 e. The summed E-state index contributed by atoms with van der Waals surface area (Å²) in [6, 6.07) is 14.3. The van der Waals surface area contributed by atoms with Crippen molar-refractivity contribution in [3.05, 3.63) is 59.7 Å². The first kappa shape index (κ1) is 18.7. The van der Waals surface area contributed by atoms with Gasteiger partial charge in [-0.2, -0.15) is 0 Å². The monoisotopic (exact) mass is 340 g/mol. The second-order valence-electron chi connectivity index (χ2n) is 6.76. The van der Waals surface area contributed by atoms with Crippen molar-refractivity contribution in [2.24, 2.45) is 0 Å². The molecule has 0 aliphatic heterocycles. The van der Waals surface area contributed by atoms with Gasteiger partial charge in [-0.1, -0.05) is 37.3 Å². The van der Waals surface area contributed by atoms with Crippen LogP contribution in [0.2, 0.25) is 0 Å². The van der Waals surface area contributed by atoms with E-state index in [0.29, 0.717) is 17.7 Å². The average Bonchev–Trinajstić information content (AvgIpc) is 2.58. The zero-order chi connectivity index (χ0) is 18.4. The highest BCUT2D eigenvalue weighted by Gasteiger charge is 2.21. The quantitative estimate of drug-likeness (QED) is 0.728.